The quantitative estimate of drug-likeness (QED) is 0.238. The SMILES string of the molecule is CN(CC(C1CC1)N1C(=O)[C@@](C)(CC(=O)O)C[C@H](c2cccc(Cl)c2)[C@H]1c1ccc(Cl)cc1)Sc1cccs1. The smallest absolute Gasteiger partial charge is 0.304 e. The predicted molar refractivity (Wildman–Crippen MR) is 160 cm³/mol. The van der Waals surface area contributed by atoms with Crippen molar-refractivity contribution in [2.24, 2.45) is 11.3 Å². The Kier molecular flexibility index (Phi) is 8.65. The van der Waals surface area contributed by atoms with E-state index in [0.29, 0.717) is 28.9 Å². The van der Waals surface area contributed by atoms with Crippen molar-refractivity contribution >= 4 is 58.4 Å². The van der Waals surface area contributed by atoms with E-state index in [1.165, 1.54) is 4.21 Å². The number of benzene rings is 2. The fourth-order valence-electron chi connectivity index (χ4n) is 5.96. The van der Waals surface area contributed by atoms with Crippen molar-refractivity contribution in [3.05, 3.63) is 87.2 Å². The summed E-state index contributed by atoms with van der Waals surface area (Å²) in [6.07, 6.45) is 2.30. The number of rotatable bonds is 10. The highest BCUT2D eigenvalue weighted by Crippen LogP contribution is 2.54. The van der Waals surface area contributed by atoms with Crippen LogP contribution in [0.25, 0.3) is 0 Å². The van der Waals surface area contributed by atoms with Gasteiger partial charge in [0.05, 0.1) is 22.1 Å². The number of thiophene rings is 1. The van der Waals surface area contributed by atoms with E-state index in [4.69, 9.17) is 23.2 Å². The molecule has 1 unspecified atom stereocenters. The molecule has 2 aromatic carbocycles. The van der Waals surface area contributed by atoms with Gasteiger partial charge in [-0.25, -0.2) is 4.31 Å². The molecule has 1 N–H and O–H groups in total. The topological polar surface area (TPSA) is 60.9 Å². The number of nitrogens with zero attached hydrogens (tertiary/aromatic N) is 2. The average Bonchev–Trinajstić information content (AvgIpc) is 3.60. The summed E-state index contributed by atoms with van der Waals surface area (Å²) in [7, 11) is 2.07. The molecule has 5 rings (SSSR count). The molecule has 3 aromatic rings. The molecule has 39 heavy (non-hydrogen) atoms. The van der Waals surface area contributed by atoms with Crippen LogP contribution in [0.4, 0.5) is 0 Å². The summed E-state index contributed by atoms with van der Waals surface area (Å²) in [6.45, 7) is 2.49. The Balaban J connectivity index is 1.61. The van der Waals surface area contributed by atoms with Crippen molar-refractivity contribution in [2.75, 3.05) is 13.6 Å². The molecule has 1 aliphatic heterocycles. The number of amides is 1. The summed E-state index contributed by atoms with van der Waals surface area (Å²) in [5.41, 5.74) is 0.954. The van der Waals surface area contributed by atoms with Gasteiger partial charge in [-0.05, 0) is 91.0 Å². The molecule has 9 heteroatoms. The largest absolute Gasteiger partial charge is 0.481 e. The molecule has 1 amide bonds. The molecule has 2 aliphatic rings. The zero-order chi connectivity index (χ0) is 27.7. The standard InChI is InChI=1S/C30H32Cl2N2O3S2/c1-30(17-26(35)36)16-24(21-5-3-6-23(32)15-21)28(20-10-12-22(31)13-11-20)34(29(30)37)25(19-8-9-19)18-33(2)39-27-7-4-14-38-27/h3-7,10-15,19,24-25,28H,8-9,16-18H2,1-2H3,(H,35,36)/t24-,25?,28-,30-/m1/s1. The summed E-state index contributed by atoms with van der Waals surface area (Å²) in [5.74, 6) is -0.825. The lowest BCUT2D eigenvalue weighted by atomic mass is 9.67. The lowest BCUT2D eigenvalue weighted by Gasteiger charge is -2.52. The van der Waals surface area contributed by atoms with Crippen molar-refractivity contribution in [3.8, 4) is 0 Å². The summed E-state index contributed by atoms with van der Waals surface area (Å²) in [4.78, 5) is 28.6. The summed E-state index contributed by atoms with van der Waals surface area (Å²) in [5, 5.41) is 13.2. The number of halogens is 2. The van der Waals surface area contributed by atoms with Gasteiger partial charge in [0.15, 0.2) is 0 Å². The second-order valence-corrected chi connectivity index (χ2v) is 14.3. The summed E-state index contributed by atoms with van der Waals surface area (Å²) in [6, 6.07) is 19.3. The van der Waals surface area contributed by atoms with Crippen LogP contribution in [-0.2, 0) is 9.59 Å². The molecule has 1 saturated carbocycles. The Morgan fingerprint density at radius 3 is 2.49 bits per heavy atom. The van der Waals surface area contributed by atoms with Gasteiger partial charge in [-0.2, -0.15) is 0 Å². The number of carboxylic acids is 1. The first-order chi connectivity index (χ1) is 18.6. The second-order valence-electron chi connectivity index (χ2n) is 10.9. The minimum Gasteiger partial charge on any atom is -0.481 e. The van der Waals surface area contributed by atoms with Crippen LogP contribution in [0.15, 0.2) is 70.3 Å². The number of carboxylic acid groups (broad SMARTS) is 1. The van der Waals surface area contributed by atoms with Crippen LogP contribution < -0.4 is 0 Å². The van der Waals surface area contributed by atoms with Gasteiger partial charge in [0.2, 0.25) is 5.91 Å². The maximum Gasteiger partial charge on any atom is 0.304 e. The molecular formula is C30H32Cl2N2O3S2. The van der Waals surface area contributed by atoms with E-state index in [1.807, 2.05) is 66.4 Å². The number of carbonyl (C=O) groups excluding carboxylic acids is 1. The van der Waals surface area contributed by atoms with E-state index in [-0.39, 0.29) is 30.3 Å². The molecule has 1 aromatic heterocycles. The predicted octanol–water partition coefficient (Wildman–Crippen LogP) is 8.01. The first-order valence-electron chi connectivity index (χ1n) is 13.1. The van der Waals surface area contributed by atoms with Crippen LogP contribution in [0.3, 0.4) is 0 Å². The summed E-state index contributed by atoms with van der Waals surface area (Å²) >= 11 is 16.1. The Labute approximate surface area is 248 Å². The molecule has 5 nitrogen and oxygen atoms in total. The molecule has 0 spiro atoms. The van der Waals surface area contributed by atoms with Crippen molar-refractivity contribution in [1.82, 2.24) is 9.21 Å². The van der Waals surface area contributed by atoms with Crippen LogP contribution in [-0.4, -0.2) is 45.8 Å². The minimum absolute atomic E-state index is 0.0641. The number of hydrogen-bond acceptors (Lipinski definition) is 5. The van der Waals surface area contributed by atoms with E-state index in [2.05, 4.69) is 22.8 Å². The molecule has 206 valence electrons. The molecule has 0 radical (unpaired) electrons. The Morgan fingerprint density at radius 2 is 1.87 bits per heavy atom. The average molecular weight is 604 g/mol. The number of piperidine rings is 1. The fourth-order valence-corrected chi connectivity index (χ4v) is 8.13. The Morgan fingerprint density at radius 1 is 1.13 bits per heavy atom. The first-order valence-corrected chi connectivity index (χ1v) is 15.5. The maximum atomic E-state index is 14.5. The number of carbonyl (C=O) groups is 2. The lowest BCUT2D eigenvalue weighted by Crippen LogP contribution is -2.58. The second kappa shape index (κ2) is 11.8. The molecule has 2 fully saturated rings. The van der Waals surface area contributed by atoms with Crippen molar-refractivity contribution in [3.63, 3.8) is 0 Å². The van der Waals surface area contributed by atoms with E-state index < -0.39 is 11.4 Å². The molecule has 1 aliphatic carbocycles. The van der Waals surface area contributed by atoms with Crippen LogP contribution >= 0.6 is 46.5 Å². The molecule has 0 bridgehead atoms. The van der Waals surface area contributed by atoms with E-state index in [9.17, 15) is 14.7 Å². The molecular weight excluding hydrogens is 571 g/mol. The van der Waals surface area contributed by atoms with Gasteiger partial charge in [0.25, 0.3) is 0 Å². The van der Waals surface area contributed by atoms with Crippen LogP contribution in [0.1, 0.15) is 55.7 Å². The highest BCUT2D eigenvalue weighted by molar-refractivity contribution is 7.98. The highest BCUT2D eigenvalue weighted by Gasteiger charge is 2.54. The third-order valence-corrected chi connectivity index (χ3v) is 10.3. The third kappa shape index (κ3) is 6.49. The van der Waals surface area contributed by atoms with Crippen LogP contribution in [0.5, 0.6) is 0 Å². The van der Waals surface area contributed by atoms with Gasteiger partial charge in [0, 0.05) is 28.5 Å². The third-order valence-electron chi connectivity index (χ3n) is 7.84. The number of hydrogen-bond donors (Lipinski definition) is 1. The van der Waals surface area contributed by atoms with Crippen molar-refractivity contribution in [1.29, 1.82) is 0 Å². The minimum atomic E-state index is -1.05. The van der Waals surface area contributed by atoms with Crippen molar-refractivity contribution in [2.45, 2.75) is 54.8 Å². The van der Waals surface area contributed by atoms with Gasteiger partial charge >= 0.3 is 5.97 Å². The van der Waals surface area contributed by atoms with E-state index in [0.717, 1.165) is 24.0 Å². The van der Waals surface area contributed by atoms with Crippen LogP contribution in [0.2, 0.25) is 10.0 Å². The lowest BCUT2D eigenvalue weighted by molar-refractivity contribution is -0.161. The van der Waals surface area contributed by atoms with E-state index >= 15 is 0 Å². The Hall–Kier alpha value is -2.03. The highest BCUT2D eigenvalue weighted by atomic mass is 35.5. The molecule has 1 saturated heterocycles. The number of aliphatic carboxylic acids is 1. The first kappa shape index (κ1) is 28.5. The van der Waals surface area contributed by atoms with Gasteiger partial charge in [-0.15, -0.1) is 11.3 Å². The molecule has 4 atom stereocenters. The van der Waals surface area contributed by atoms with Gasteiger partial charge in [-0.1, -0.05) is 60.5 Å². The Bertz CT molecular complexity index is 1320. The van der Waals surface area contributed by atoms with Crippen LogP contribution in [0, 0.1) is 11.3 Å². The summed E-state index contributed by atoms with van der Waals surface area (Å²) < 4.78 is 3.40. The monoisotopic (exact) mass is 602 g/mol. The zero-order valence-electron chi connectivity index (χ0n) is 21.9. The normalized spacial score (nSPS) is 24.2. The van der Waals surface area contributed by atoms with Crippen molar-refractivity contribution < 1.29 is 14.7 Å². The number of likely N-dealkylation sites (tertiary alicyclic amines) is 1. The van der Waals surface area contributed by atoms with Gasteiger partial charge in [0.1, 0.15) is 0 Å². The maximum absolute atomic E-state index is 14.5. The van der Waals surface area contributed by atoms with Gasteiger partial charge < -0.3 is 10.0 Å². The zero-order valence-corrected chi connectivity index (χ0v) is 25.1. The fraction of sp³-hybridized carbons (Fsp3) is 0.400. The van der Waals surface area contributed by atoms with E-state index in [1.54, 1.807) is 23.3 Å². The van der Waals surface area contributed by atoms with Gasteiger partial charge in [-0.3, -0.25) is 9.59 Å². The number of likely N-dealkylation sites (N-methyl/N-ethyl adjacent to an activating group) is 1. The molecule has 2 heterocycles.